The van der Waals surface area contributed by atoms with Gasteiger partial charge < -0.3 is 18.9 Å². The molecule has 1 aliphatic heterocycles. The lowest BCUT2D eigenvalue weighted by molar-refractivity contribution is -0.129. The van der Waals surface area contributed by atoms with Crippen molar-refractivity contribution in [1.29, 1.82) is 0 Å². The number of hydrogen-bond acceptors (Lipinski definition) is 4. The first-order chi connectivity index (χ1) is 16.3. The number of methoxy groups -OCH3 is 2. The monoisotopic (exact) mass is 459 g/mol. The summed E-state index contributed by atoms with van der Waals surface area (Å²) in [6.07, 6.45) is 7.46. The Hall–Kier alpha value is -3.38. The molecule has 2 aromatic carbocycles. The Morgan fingerprint density at radius 2 is 1.88 bits per heavy atom. The lowest BCUT2D eigenvalue weighted by atomic mass is 9.96. The van der Waals surface area contributed by atoms with Crippen LogP contribution in [0.1, 0.15) is 49.1 Å². The Labute approximate surface area is 201 Å². The third kappa shape index (κ3) is 5.07. The summed E-state index contributed by atoms with van der Waals surface area (Å²) < 4.78 is 13.1. The smallest absolute Gasteiger partial charge is 0.250 e. The first kappa shape index (κ1) is 23.8. The molecular formula is C28H33N3O3. The van der Waals surface area contributed by atoms with E-state index < -0.39 is 0 Å². The van der Waals surface area contributed by atoms with Crippen molar-refractivity contribution in [3.8, 4) is 11.4 Å². The summed E-state index contributed by atoms with van der Waals surface area (Å²) in [6, 6.07) is 14.3. The molecule has 6 heteroatoms. The highest BCUT2D eigenvalue weighted by atomic mass is 16.5. The van der Waals surface area contributed by atoms with E-state index in [0.29, 0.717) is 6.54 Å². The minimum absolute atomic E-state index is 0.0980. The van der Waals surface area contributed by atoms with Crippen molar-refractivity contribution in [3.63, 3.8) is 0 Å². The van der Waals surface area contributed by atoms with E-state index in [1.54, 1.807) is 20.5 Å². The Morgan fingerprint density at radius 3 is 2.53 bits per heavy atom. The zero-order valence-electron chi connectivity index (χ0n) is 20.7. The predicted octanol–water partition coefficient (Wildman–Crippen LogP) is 5.28. The molecule has 178 valence electrons. The molecule has 34 heavy (non-hydrogen) atoms. The van der Waals surface area contributed by atoms with E-state index in [2.05, 4.69) is 29.2 Å². The molecule has 6 nitrogen and oxygen atoms in total. The minimum atomic E-state index is -0.331. The molecule has 4 rings (SSSR count). The number of likely N-dealkylation sites (tertiary alicyclic amines) is 1. The van der Waals surface area contributed by atoms with Crippen molar-refractivity contribution < 1.29 is 14.3 Å². The van der Waals surface area contributed by atoms with Crippen LogP contribution in [0, 0.1) is 6.92 Å². The maximum Gasteiger partial charge on any atom is 0.250 e. The molecule has 0 aliphatic carbocycles. The van der Waals surface area contributed by atoms with Crippen molar-refractivity contribution in [2.24, 2.45) is 0 Å². The molecule has 0 bridgehead atoms. The van der Waals surface area contributed by atoms with Crippen molar-refractivity contribution in [1.82, 2.24) is 14.5 Å². The summed E-state index contributed by atoms with van der Waals surface area (Å²) in [5.41, 5.74) is 5.55. The molecule has 1 amide bonds. The van der Waals surface area contributed by atoms with E-state index in [-0.39, 0.29) is 11.5 Å². The second-order valence-corrected chi connectivity index (χ2v) is 9.26. The summed E-state index contributed by atoms with van der Waals surface area (Å²) >= 11 is 0. The van der Waals surface area contributed by atoms with Crippen LogP contribution < -0.4 is 4.74 Å². The van der Waals surface area contributed by atoms with Crippen LogP contribution in [0.5, 0.6) is 5.75 Å². The number of hydrogen-bond donors (Lipinski definition) is 0. The number of carbonyl (C=O) groups excluding carboxylic acids is 1. The Balaban J connectivity index is 1.51. The molecule has 3 aromatic rings. The number of amides is 1. The van der Waals surface area contributed by atoms with Crippen LogP contribution in [-0.4, -0.2) is 41.1 Å². The summed E-state index contributed by atoms with van der Waals surface area (Å²) in [7, 11) is 3.38. The summed E-state index contributed by atoms with van der Waals surface area (Å²) in [5.74, 6) is 0.840. The molecule has 1 aromatic heterocycles. The first-order valence-electron chi connectivity index (χ1n) is 11.6. The molecule has 0 unspecified atom stereocenters. The van der Waals surface area contributed by atoms with Crippen molar-refractivity contribution >= 4 is 12.0 Å². The Kier molecular flexibility index (Phi) is 6.89. The Morgan fingerprint density at radius 1 is 1.12 bits per heavy atom. The van der Waals surface area contributed by atoms with Gasteiger partial charge in [-0.3, -0.25) is 4.79 Å². The fourth-order valence-electron chi connectivity index (χ4n) is 4.26. The SMILES string of the molecule is COc1cc(C=C2CCCN(Cc3ccc(C(C)(C)OC)cc3)C2=O)ccc1-n1cnc(C)c1. The number of imidazole rings is 1. The minimum Gasteiger partial charge on any atom is -0.495 e. The summed E-state index contributed by atoms with van der Waals surface area (Å²) in [5, 5.41) is 0. The van der Waals surface area contributed by atoms with Gasteiger partial charge in [0.15, 0.2) is 0 Å². The molecule has 1 aliphatic rings. The van der Waals surface area contributed by atoms with E-state index in [9.17, 15) is 4.79 Å². The predicted molar refractivity (Wildman–Crippen MR) is 134 cm³/mol. The van der Waals surface area contributed by atoms with E-state index in [1.165, 1.54) is 0 Å². The maximum atomic E-state index is 13.2. The van der Waals surface area contributed by atoms with Crippen LogP contribution in [0.2, 0.25) is 0 Å². The van der Waals surface area contributed by atoms with Crippen LogP contribution in [-0.2, 0) is 21.7 Å². The van der Waals surface area contributed by atoms with Crippen molar-refractivity contribution in [2.45, 2.75) is 45.8 Å². The average Bonchev–Trinajstić information content (AvgIpc) is 3.28. The van der Waals surface area contributed by atoms with Gasteiger partial charge in [-0.25, -0.2) is 4.98 Å². The molecule has 1 fully saturated rings. The highest BCUT2D eigenvalue weighted by Gasteiger charge is 2.24. The lowest BCUT2D eigenvalue weighted by Gasteiger charge is -2.29. The molecule has 0 saturated carbocycles. The molecular weight excluding hydrogens is 426 g/mol. The number of piperidine rings is 1. The van der Waals surface area contributed by atoms with Gasteiger partial charge in [0.05, 0.1) is 30.4 Å². The zero-order valence-corrected chi connectivity index (χ0v) is 20.7. The van der Waals surface area contributed by atoms with Gasteiger partial charge in [-0.05, 0) is 68.5 Å². The van der Waals surface area contributed by atoms with E-state index in [1.807, 2.05) is 60.7 Å². The van der Waals surface area contributed by atoms with Crippen LogP contribution >= 0.6 is 0 Å². The largest absolute Gasteiger partial charge is 0.495 e. The van der Waals surface area contributed by atoms with E-state index >= 15 is 0 Å². The quantitative estimate of drug-likeness (QED) is 0.451. The summed E-state index contributed by atoms with van der Waals surface area (Å²) in [6.45, 7) is 7.42. The number of aromatic nitrogens is 2. The third-order valence-corrected chi connectivity index (χ3v) is 6.50. The van der Waals surface area contributed by atoms with E-state index in [4.69, 9.17) is 9.47 Å². The van der Waals surface area contributed by atoms with Gasteiger partial charge in [0.1, 0.15) is 5.75 Å². The van der Waals surface area contributed by atoms with Crippen LogP contribution in [0.3, 0.4) is 0 Å². The average molecular weight is 460 g/mol. The van der Waals surface area contributed by atoms with Gasteiger partial charge in [-0.1, -0.05) is 30.3 Å². The highest BCUT2D eigenvalue weighted by molar-refractivity contribution is 5.98. The van der Waals surface area contributed by atoms with Gasteiger partial charge in [0.2, 0.25) is 5.91 Å². The molecule has 0 spiro atoms. The fraction of sp³-hybridized carbons (Fsp3) is 0.357. The highest BCUT2D eigenvalue weighted by Crippen LogP contribution is 2.28. The number of nitrogens with zero attached hydrogens (tertiary/aromatic N) is 3. The molecule has 1 saturated heterocycles. The van der Waals surface area contributed by atoms with Gasteiger partial charge >= 0.3 is 0 Å². The first-order valence-corrected chi connectivity index (χ1v) is 11.6. The number of rotatable bonds is 7. The van der Waals surface area contributed by atoms with E-state index in [0.717, 1.165) is 58.8 Å². The van der Waals surface area contributed by atoms with Crippen LogP contribution in [0.4, 0.5) is 0 Å². The van der Waals surface area contributed by atoms with Crippen LogP contribution in [0.15, 0.2) is 60.6 Å². The summed E-state index contributed by atoms with van der Waals surface area (Å²) in [4.78, 5) is 19.5. The van der Waals surface area contributed by atoms with Gasteiger partial charge in [0, 0.05) is 32.0 Å². The normalized spacial score (nSPS) is 15.7. The number of aryl methyl sites for hydroxylation is 1. The second-order valence-electron chi connectivity index (χ2n) is 9.26. The van der Waals surface area contributed by atoms with Crippen molar-refractivity contribution in [3.05, 3.63) is 82.9 Å². The number of ether oxygens (including phenoxy) is 2. The molecule has 0 atom stereocenters. The fourth-order valence-corrected chi connectivity index (χ4v) is 4.26. The molecule has 0 radical (unpaired) electrons. The number of carbonyl (C=O) groups is 1. The molecule has 2 heterocycles. The third-order valence-electron chi connectivity index (χ3n) is 6.50. The van der Waals surface area contributed by atoms with Crippen molar-refractivity contribution in [2.75, 3.05) is 20.8 Å². The maximum absolute atomic E-state index is 13.2. The van der Waals surface area contributed by atoms with Gasteiger partial charge in [0.25, 0.3) is 0 Å². The van der Waals surface area contributed by atoms with Gasteiger partial charge in [-0.2, -0.15) is 0 Å². The van der Waals surface area contributed by atoms with Crippen LogP contribution in [0.25, 0.3) is 11.8 Å². The Bertz CT molecular complexity index is 1190. The topological polar surface area (TPSA) is 56.6 Å². The number of benzene rings is 2. The van der Waals surface area contributed by atoms with Gasteiger partial charge in [-0.15, -0.1) is 0 Å². The zero-order chi connectivity index (χ0) is 24.3. The molecule has 0 N–H and O–H groups in total. The second kappa shape index (κ2) is 9.85. The lowest BCUT2D eigenvalue weighted by Crippen LogP contribution is -2.36. The standard InChI is InChI=1S/C28H33N3O3/c1-20-17-31(19-29-20)25-13-10-22(16-26(25)33-4)15-23-7-6-14-30(27(23)32)18-21-8-11-24(12-9-21)28(2,3)34-5/h8-13,15-17,19H,6-7,14,18H2,1-5H3.